The third-order valence-corrected chi connectivity index (χ3v) is 3.78. The topological polar surface area (TPSA) is 69.3 Å². The van der Waals surface area contributed by atoms with E-state index in [9.17, 15) is 0 Å². The van der Waals surface area contributed by atoms with Crippen LogP contribution in [-0.2, 0) is 13.1 Å². The van der Waals surface area contributed by atoms with E-state index >= 15 is 0 Å². The van der Waals surface area contributed by atoms with Crippen molar-refractivity contribution in [3.63, 3.8) is 0 Å². The van der Waals surface area contributed by atoms with Gasteiger partial charge < -0.3 is 10.1 Å². The molecule has 3 heterocycles. The van der Waals surface area contributed by atoms with Crippen LogP contribution in [0.2, 0.25) is 0 Å². The second kappa shape index (κ2) is 6.02. The van der Waals surface area contributed by atoms with Gasteiger partial charge in [-0.3, -0.25) is 9.08 Å². The van der Waals surface area contributed by atoms with E-state index < -0.39 is 0 Å². The first-order valence-corrected chi connectivity index (χ1v) is 7.29. The van der Waals surface area contributed by atoms with Gasteiger partial charge in [-0.2, -0.15) is 4.98 Å². The molecule has 0 aliphatic rings. The van der Waals surface area contributed by atoms with Crippen LogP contribution in [0.25, 0.3) is 4.96 Å². The first-order chi connectivity index (χ1) is 9.88. The van der Waals surface area contributed by atoms with Gasteiger partial charge in [0.25, 0.3) is 0 Å². The molecule has 0 aliphatic heterocycles. The number of imidazole rings is 1. The number of thiazole rings is 1. The van der Waals surface area contributed by atoms with Crippen molar-refractivity contribution in [2.24, 2.45) is 0 Å². The van der Waals surface area contributed by atoms with Crippen LogP contribution in [-0.4, -0.2) is 38.0 Å². The summed E-state index contributed by atoms with van der Waals surface area (Å²) in [4.78, 5) is 5.39. The molecule has 0 saturated heterocycles. The fraction of sp³-hybridized carbons (Fsp3) is 0.417. The maximum absolute atomic E-state index is 5.32. The fourth-order valence-electron chi connectivity index (χ4n) is 2.06. The van der Waals surface area contributed by atoms with Crippen molar-refractivity contribution < 1.29 is 4.74 Å². The van der Waals surface area contributed by atoms with E-state index in [0.29, 0.717) is 5.88 Å². The van der Waals surface area contributed by atoms with Gasteiger partial charge in [0.2, 0.25) is 5.88 Å². The van der Waals surface area contributed by atoms with E-state index in [4.69, 9.17) is 4.74 Å². The lowest BCUT2D eigenvalue weighted by atomic mass is 10.4. The molecule has 106 valence electrons. The maximum Gasteiger partial charge on any atom is 0.237 e. The Balaban J connectivity index is 1.53. The molecule has 0 aromatic carbocycles. The third-order valence-electron chi connectivity index (χ3n) is 3.02. The molecule has 1 N–H and O–H groups in total. The first-order valence-electron chi connectivity index (χ1n) is 6.41. The summed E-state index contributed by atoms with van der Waals surface area (Å²) in [6.45, 7) is 2.50. The maximum atomic E-state index is 5.32. The van der Waals surface area contributed by atoms with Crippen molar-refractivity contribution in [3.8, 4) is 5.88 Å². The number of hydrogen-bond donors (Lipinski definition) is 1. The lowest BCUT2D eigenvalue weighted by molar-refractivity contribution is 0.392. The third kappa shape index (κ3) is 2.66. The van der Waals surface area contributed by atoms with E-state index in [1.165, 1.54) is 0 Å². The smallest absolute Gasteiger partial charge is 0.237 e. The molecule has 3 aromatic rings. The van der Waals surface area contributed by atoms with E-state index in [-0.39, 0.29) is 0 Å². The van der Waals surface area contributed by atoms with Crippen LogP contribution in [0, 0.1) is 0 Å². The van der Waals surface area contributed by atoms with Gasteiger partial charge in [-0.05, 0) is 13.0 Å². The molecule has 0 bridgehead atoms. The molecule has 0 aliphatic carbocycles. The lowest BCUT2D eigenvalue weighted by Crippen LogP contribution is -2.18. The second-order valence-corrected chi connectivity index (χ2v) is 5.19. The van der Waals surface area contributed by atoms with Crippen LogP contribution in [0.5, 0.6) is 5.88 Å². The predicted octanol–water partition coefficient (Wildman–Crippen LogP) is 1.18. The van der Waals surface area contributed by atoms with Gasteiger partial charge in [0.05, 0.1) is 13.3 Å². The summed E-state index contributed by atoms with van der Waals surface area (Å²) < 4.78 is 9.21. The number of methoxy groups -OCH3 is 1. The largest absolute Gasteiger partial charge is 0.480 e. The van der Waals surface area contributed by atoms with E-state index in [1.54, 1.807) is 24.6 Å². The molecule has 3 aromatic heterocycles. The van der Waals surface area contributed by atoms with Crippen molar-refractivity contribution >= 4 is 16.3 Å². The summed E-state index contributed by atoms with van der Waals surface area (Å²) in [6.07, 6.45) is 6.58. The molecule has 0 atom stereocenters. The Bertz CT molecular complexity index is 659. The monoisotopic (exact) mass is 292 g/mol. The number of aromatic nitrogens is 5. The quantitative estimate of drug-likeness (QED) is 0.662. The van der Waals surface area contributed by atoms with Gasteiger partial charge in [0.15, 0.2) is 4.96 Å². The summed E-state index contributed by atoms with van der Waals surface area (Å²) in [6, 6.07) is 0. The van der Waals surface area contributed by atoms with E-state index in [1.807, 2.05) is 22.5 Å². The highest BCUT2D eigenvalue weighted by Gasteiger charge is 2.12. The van der Waals surface area contributed by atoms with Crippen molar-refractivity contribution in [3.05, 3.63) is 29.7 Å². The average molecular weight is 292 g/mol. The van der Waals surface area contributed by atoms with Crippen LogP contribution in [0.4, 0.5) is 0 Å². The fourth-order valence-corrected chi connectivity index (χ4v) is 2.79. The van der Waals surface area contributed by atoms with E-state index in [2.05, 4.69) is 25.0 Å². The van der Waals surface area contributed by atoms with Crippen molar-refractivity contribution in [2.45, 2.75) is 19.5 Å². The number of aryl methyl sites for hydroxylation is 1. The number of nitrogens with one attached hydrogen (secondary N) is 1. The van der Waals surface area contributed by atoms with Crippen LogP contribution in [0.3, 0.4) is 0 Å². The molecule has 8 heteroatoms. The SMILES string of the molecule is COc1nc2sccn2c1CNCCCn1ccnn1. The lowest BCUT2D eigenvalue weighted by Gasteiger charge is -2.05. The predicted molar refractivity (Wildman–Crippen MR) is 76.0 cm³/mol. The minimum absolute atomic E-state index is 0.695. The van der Waals surface area contributed by atoms with Gasteiger partial charge >= 0.3 is 0 Å². The number of hydrogen-bond acceptors (Lipinski definition) is 6. The molecule has 3 rings (SSSR count). The number of ether oxygens (including phenoxy) is 1. The minimum atomic E-state index is 0.695. The molecule has 0 unspecified atom stereocenters. The number of fused-ring (bicyclic) bond motifs is 1. The summed E-state index contributed by atoms with van der Waals surface area (Å²) in [5.74, 6) is 0.695. The standard InChI is InChI=1S/C12H16N6OS/c1-19-11-10(18-7-8-20-12(18)15-11)9-13-3-2-5-17-6-4-14-16-17/h4,6-8,13H,2-3,5,9H2,1H3. The molecule has 0 radical (unpaired) electrons. The Morgan fingerprint density at radius 2 is 2.35 bits per heavy atom. The Kier molecular flexibility index (Phi) is 3.93. The molecular weight excluding hydrogens is 276 g/mol. The summed E-state index contributed by atoms with van der Waals surface area (Å²) in [5.41, 5.74) is 1.06. The van der Waals surface area contributed by atoms with Gasteiger partial charge in [-0.1, -0.05) is 5.21 Å². The van der Waals surface area contributed by atoms with Crippen LogP contribution >= 0.6 is 11.3 Å². The summed E-state index contributed by atoms with van der Waals surface area (Å²) >= 11 is 1.61. The Morgan fingerprint density at radius 1 is 1.40 bits per heavy atom. The second-order valence-electron chi connectivity index (χ2n) is 4.32. The normalized spacial score (nSPS) is 11.2. The van der Waals surface area contributed by atoms with Gasteiger partial charge in [0, 0.05) is 30.9 Å². The number of nitrogens with zero attached hydrogens (tertiary/aromatic N) is 5. The highest BCUT2D eigenvalue weighted by atomic mass is 32.1. The van der Waals surface area contributed by atoms with Gasteiger partial charge in [0.1, 0.15) is 5.69 Å². The molecule has 7 nitrogen and oxygen atoms in total. The summed E-state index contributed by atoms with van der Waals surface area (Å²) in [7, 11) is 1.65. The van der Waals surface area contributed by atoms with Gasteiger partial charge in [-0.15, -0.1) is 16.4 Å². The van der Waals surface area contributed by atoms with Crippen molar-refractivity contribution in [1.82, 2.24) is 29.7 Å². The minimum Gasteiger partial charge on any atom is -0.480 e. The zero-order chi connectivity index (χ0) is 13.8. The van der Waals surface area contributed by atoms with Crippen molar-refractivity contribution in [1.29, 1.82) is 0 Å². The van der Waals surface area contributed by atoms with E-state index in [0.717, 1.165) is 36.7 Å². The molecule has 0 fully saturated rings. The number of rotatable bonds is 7. The zero-order valence-electron chi connectivity index (χ0n) is 11.2. The summed E-state index contributed by atoms with van der Waals surface area (Å²) in [5, 5.41) is 13.1. The molecular formula is C12H16N6OS. The Morgan fingerprint density at radius 3 is 3.15 bits per heavy atom. The van der Waals surface area contributed by atoms with Crippen LogP contribution in [0.1, 0.15) is 12.1 Å². The molecule has 0 spiro atoms. The van der Waals surface area contributed by atoms with Crippen molar-refractivity contribution in [2.75, 3.05) is 13.7 Å². The molecule has 20 heavy (non-hydrogen) atoms. The first kappa shape index (κ1) is 13.1. The van der Waals surface area contributed by atoms with Crippen LogP contribution < -0.4 is 10.1 Å². The van der Waals surface area contributed by atoms with Crippen LogP contribution in [0.15, 0.2) is 24.0 Å². The Hall–Kier alpha value is -1.93. The Labute approximate surface area is 120 Å². The molecule has 0 saturated carbocycles. The zero-order valence-corrected chi connectivity index (χ0v) is 12.0. The molecule has 0 amide bonds. The highest BCUT2D eigenvalue weighted by molar-refractivity contribution is 7.15. The highest BCUT2D eigenvalue weighted by Crippen LogP contribution is 2.22. The van der Waals surface area contributed by atoms with Gasteiger partial charge in [-0.25, -0.2) is 0 Å². The average Bonchev–Trinajstić information content (AvgIpc) is 3.15.